The molecule has 0 radical (unpaired) electrons. The predicted molar refractivity (Wildman–Crippen MR) is 105 cm³/mol. The number of nitrogens with two attached hydrogens (primary N) is 1. The first-order valence-electron chi connectivity index (χ1n) is 10.1. The lowest BCUT2D eigenvalue weighted by molar-refractivity contribution is 0.211. The second kappa shape index (κ2) is 8.27. The number of benzene rings is 1. The smallest absolute Gasteiger partial charge is 0.408 e. The number of likely N-dealkylation sites (tertiary alicyclic amines) is 1. The quantitative estimate of drug-likeness (QED) is 0.843. The molecule has 0 saturated carbocycles. The van der Waals surface area contributed by atoms with E-state index in [-0.39, 0.29) is 0 Å². The lowest BCUT2D eigenvalue weighted by Crippen LogP contribution is -2.34. The molecule has 1 aromatic heterocycles. The summed E-state index contributed by atoms with van der Waals surface area (Å²) in [5.74, 6) is 1.92. The zero-order valence-corrected chi connectivity index (χ0v) is 15.8. The van der Waals surface area contributed by atoms with Crippen LogP contribution in [0.5, 0.6) is 5.75 Å². The number of ether oxygens (including phenoxy) is 1. The van der Waals surface area contributed by atoms with Crippen LogP contribution in [0.3, 0.4) is 0 Å². The highest BCUT2D eigenvalue weighted by Crippen LogP contribution is 2.31. The Morgan fingerprint density at radius 3 is 2.81 bits per heavy atom. The molecule has 27 heavy (non-hydrogen) atoms. The second-order valence-electron chi connectivity index (χ2n) is 7.61. The number of primary amides is 1. The number of para-hydroxylation sites is 1. The fourth-order valence-electron chi connectivity index (χ4n) is 4.37. The van der Waals surface area contributed by atoms with Crippen molar-refractivity contribution in [3.05, 3.63) is 24.0 Å². The second-order valence-corrected chi connectivity index (χ2v) is 7.61. The molecule has 2 saturated heterocycles. The summed E-state index contributed by atoms with van der Waals surface area (Å²) in [5, 5.41) is 3.49. The summed E-state index contributed by atoms with van der Waals surface area (Å²) in [4.78, 5) is 18.8. The molecule has 2 aromatic rings. The van der Waals surface area contributed by atoms with E-state index in [1.165, 1.54) is 32.4 Å². The Morgan fingerprint density at radius 1 is 1.22 bits per heavy atom. The Labute approximate surface area is 159 Å². The van der Waals surface area contributed by atoms with E-state index in [0.29, 0.717) is 11.7 Å². The first kappa shape index (κ1) is 18.3. The van der Waals surface area contributed by atoms with Gasteiger partial charge in [0.25, 0.3) is 0 Å². The van der Waals surface area contributed by atoms with E-state index in [1.54, 1.807) is 6.07 Å². The largest absolute Gasteiger partial charge is 0.410 e. The number of rotatable bonds is 5. The standard InChI is InChI=1S/C20H29N5O2/c21-20(26)27-17-8-4-7-16-18(17)23-19(15-6-5-9-22-14-15)25(16)13-12-24-10-2-1-3-11-24/h4,7-8,15,22H,1-3,5-6,9-14H2,(H2,21,26). The molecule has 3 heterocycles. The van der Waals surface area contributed by atoms with Crippen molar-refractivity contribution in [3.63, 3.8) is 0 Å². The molecule has 2 fully saturated rings. The summed E-state index contributed by atoms with van der Waals surface area (Å²) >= 11 is 0. The van der Waals surface area contributed by atoms with Crippen LogP contribution in [0.2, 0.25) is 0 Å². The monoisotopic (exact) mass is 371 g/mol. The number of carbonyl (C=O) groups is 1. The van der Waals surface area contributed by atoms with Gasteiger partial charge in [0.1, 0.15) is 11.3 Å². The minimum atomic E-state index is -0.800. The molecule has 0 spiro atoms. The summed E-state index contributed by atoms with van der Waals surface area (Å²) in [6, 6.07) is 5.73. The van der Waals surface area contributed by atoms with Gasteiger partial charge in [0.15, 0.2) is 5.75 Å². The third-order valence-corrected chi connectivity index (χ3v) is 5.73. The lowest BCUT2D eigenvalue weighted by atomic mass is 9.99. The average molecular weight is 371 g/mol. The maximum absolute atomic E-state index is 11.3. The Hall–Kier alpha value is -2.12. The average Bonchev–Trinajstić information content (AvgIpc) is 3.07. The fourth-order valence-corrected chi connectivity index (χ4v) is 4.37. The third kappa shape index (κ3) is 4.09. The molecule has 0 bridgehead atoms. The highest BCUT2D eigenvalue weighted by atomic mass is 16.5. The first-order chi connectivity index (χ1) is 13.2. The number of piperidine rings is 2. The number of nitrogens with zero attached hydrogens (tertiary/aromatic N) is 3. The van der Waals surface area contributed by atoms with Gasteiger partial charge < -0.3 is 25.3 Å². The van der Waals surface area contributed by atoms with E-state index >= 15 is 0 Å². The van der Waals surface area contributed by atoms with E-state index in [2.05, 4.69) is 20.9 Å². The van der Waals surface area contributed by atoms with Crippen LogP contribution in [-0.2, 0) is 6.54 Å². The van der Waals surface area contributed by atoms with Gasteiger partial charge in [-0.3, -0.25) is 0 Å². The van der Waals surface area contributed by atoms with Crippen molar-refractivity contribution >= 4 is 17.1 Å². The first-order valence-corrected chi connectivity index (χ1v) is 10.1. The number of imidazole rings is 1. The van der Waals surface area contributed by atoms with Gasteiger partial charge in [0, 0.05) is 25.6 Å². The van der Waals surface area contributed by atoms with Gasteiger partial charge in [-0.1, -0.05) is 12.5 Å². The van der Waals surface area contributed by atoms with Crippen molar-refractivity contribution in [1.82, 2.24) is 19.8 Å². The molecule has 146 valence electrons. The minimum absolute atomic E-state index is 0.383. The van der Waals surface area contributed by atoms with Gasteiger partial charge >= 0.3 is 6.09 Å². The van der Waals surface area contributed by atoms with Crippen molar-refractivity contribution in [3.8, 4) is 5.75 Å². The van der Waals surface area contributed by atoms with Crippen LogP contribution in [0.25, 0.3) is 11.0 Å². The number of aromatic nitrogens is 2. The number of nitrogens with one attached hydrogen (secondary N) is 1. The Kier molecular flexibility index (Phi) is 5.59. The van der Waals surface area contributed by atoms with Gasteiger partial charge in [-0.05, 0) is 57.5 Å². The number of hydrogen-bond acceptors (Lipinski definition) is 5. The van der Waals surface area contributed by atoms with Crippen LogP contribution in [0.4, 0.5) is 4.79 Å². The molecule has 4 rings (SSSR count). The summed E-state index contributed by atoms with van der Waals surface area (Å²) < 4.78 is 7.54. The van der Waals surface area contributed by atoms with Gasteiger partial charge in [-0.2, -0.15) is 0 Å². The number of amides is 1. The Balaban J connectivity index is 1.67. The van der Waals surface area contributed by atoms with Crippen molar-refractivity contribution in [2.45, 2.75) is 44.6 Å². The molecule has 1 aromatic carbocycles. The number of carbonyl (C=O) groups excluding carboxylic acids is 1. The molecule has 0 aliphatic carbocycles. The molecule has 1 amide bonds. The summed E-state index contributed by atoms with van der Waals surface area (Å²) in [7, 11) is 0. The number of hydrogen-bond donors (Lipinski definition) is 2. The van der Waals surface area contributed by atoms with Gasteiger partial charge in [-0.15, -0.1) is 0 Å². The van der Waals surface area contributed by atoms with E-state index in [4.69, 9.17) is 15.5 Å². The van der Waals surface area contributed by atoms with E-state index in [0.717, 1.165) is 55.9 Å². The van der Waals surface area contributed by atoms with Crippen molar-refractivity contribution in [2.24, 2.45) is 5.73 Å². The molecule has 1 unspecified atom stereocenters. The van der Waals surface area contributed by atoms with Crippen LogP contribution >= 0.6 is 0 Å². The summed E-state index contributed by atoms with van der Waals surface area (Å²) in [5.41, 5.74) is 7.00. The molecular weight excluding hydrogens is 342 g/mol. The highest BCUT2D eigenvalue weighted by Gasteiger charge is 2.24. The van der Waals surface area contributed by atoms with Crippen LogP contribution in [-0.4, -0.2) is 53.3 Å². The SMILES string of the molecule is NC(=O)Oc1cccc2c1nc(C1CCCNC1)n2CCN1CCCCC1. The maximum atomic E-state index is 11.3. The van der Waals surface area contributed by atoms with Crippen molar-refractivity contribution in [2.75, 3.05) is 32.7 Å². The molecule has 2 aliphatic rings. The third-order valence-electron chi connectivity index (χ3n) is 5.73. The van der Waals surface area contributed by atoms with Crippen LogP contribution in [0.1, 0.15) is 43.8 Å². The zero-order valence-electron chi connectivity index (χ0n) is 15.8. The molecule has 2 aliphatic heterocycles. The molecule has 7 heteroatoms. The Bertz CT molecular complexity index is 791. The molecular formula is C20H29N5O2. The van der Waals surface area contributed by atoms with Gasteiger partial charge in [-0.25, -0.2) is 9.78 Å². The van der Waals surface area contributed by atoms with Gasteiger partial charge in [0.05, 0.1) is 5.52 Å². The minimum Gasteiger partial charge on any atom is -0.408 e. The highest BCUT2D eigenvalue weighted by molar-refractivity contribution is 5.85. The van der Waals surface area contributed by atoms with Gasteiger partial charge in [0.2, 0.25) is 0 Å². The van der Waals surface area contributed by atoms with E-state index in [1.807, 2.05) is 6.07 Å². The van der Waals surface area contributed by atoms with E-state index in [9.17, 15) is 4.79 Å². The normalized spacial score (nSPS) is 21.4. The lowest BCUT2D eigenvalue weighted by Gasteiger charge is -2.28. The van der Waals surface area contributed by atoms with Crippen molar-refractivity contribution in [1.29, 1.82) is 0 Å². The predicted octanol–water partition coefficient (Wildman–Crippen LogP) is 2.45. The van der Waals surface area contributed by atoms with Crippen LogP contribution < -0.4 is 15.8 Å². The Morgan fingerprint density at radius 2 is 2.07 bits per heavy atom. The molecule has 3 N–H and O–H groups in total. The fraction of sp³-hybridized carbons (Fsp3) is 0.600. The summed E-state index contributed by atoms with van der Waals surface area (Å²) in [6.45, 7) is 6.31. The van der Waals surface area contributed by atoms with Crippen LogP contribution in [0, 0.1) is 0 Å². The summed E-state index contributed by atoms with van der Waals surface area (Å²) in [6.07, 6.45) is 5.42. The number of fused-ring (bicyclic) bond motifs is 1. The topological polar surface area (TPSA) is 85.4 Å². The molecule has 1 atom stereocenters. The zero-order chi connectivity index (χ0) is 18.6. The molecule has 7 nitrogen and oxygen atoms in total. The maximum Gasteiger partial charge on any atom is 0.410 e. The van der Waals surface area contributed by atoms with E-state index < -0.39 is 6.09 Å². The van der Waals surface area contributed by atoms with Crippen LogP contribution in [0.15, 0.2) is 18.2 Å². The van der Waals surface area contributed by atoms with Crippen molar-refractivity contribution < 1.29 is 9.53 Å².